The maximum Gasteiger partial charge on any atom is 0.229 e. The van der Waals surface area contributed by atoms with Gasteiger partial charge in [0.2, 0.25) is 5.91 Å². The van der Waals surface area contributed by atoms with Crippen LogP contribution >= 0.6 is 11.6 Å². The van der Waals surface area contributed by atoms with Crippen LogP contribution in [-0.4, -0.2) is 15.7 Å². The normalized spacial score (nSPS) is 11.7. The van der Waals surface area contributed by atoms with Crippen LogP contribution < -0.4 is 5.32 Å². The van der Waals surface area contributed by atoms with Gasteiger partial charge in [-0.3, -0.25) is 9.48 Å². The quantitative estimate of drug-likeness (QED) is 0.940. The Morgan fingerprint density at radius 2 is 2.30 bits per heavy atom. The van der Waals surface area contributed by atoms with Crippen molar-refractivity contribution in [3.63, 3.8) is 0 Å². The van der Waals surface area contributed by atoms with E-state index in [1.165, 1.54) is 6.20 Å². The zero-order chi connectivity index (χ0) is 14.5. The molecule has 102 valence electrons. The minimum Gasteiger partial charge on any atom is -0.325 e. The van der Waals surface area contributed by atoms with Crippen LogP contribution in [0.4, 0.5) is 5.69 Å². The Bertz CT molecular complexity index is 659. The van der Waals surface area contributed by atoms with Gasteiger partial charge in [0.15, 0.2) is 0 Å². The molecule has 0 spiro atoms. The molecule has 0 radical (unpaired) electrons. The number of anilines is 1. The summed E-state index contributed by atoms with van der Waals surface area (Å²) in [5.74, 6) is -0.461. The first-order valence-electron chi connectivity index (χ1n) is 6.08. The van der Waals surface area contributed by atoms with E-state index in [2.05, 4.69) is 10.4 Å². The number of amides is 1. The maximum atomic E-state index is 12.1. The van der Waals surface area contributed by atoms with Gasteiger partial charge in [0.25, 0.3) is 0 Å². The van der Waals surface area contributed by atoms with E-state index in [4.69, 9.17) is 16.9 Å². The van der Waals surface area contributed by atoms with Gasteiger partial charge in [0.05, 0.1) is 34.9 Å². The van der Waals surface area contributed by atoms with Crippen molar-refractivity contribution in [1.82, 2.24) is 9.78 Å². The summed E-state index contributed by atoms with van der Waals surface area (Å²) in [7, 11) is 0. The van der Waals surface area contributed by atoms with Crippen LogP contribution in [0.25, 0.3) is 0 Å². The number of nitrogens with zero attached hydrogens (tertiary/aromatic N) is 3. The summed E-state index contributed by atoms with van der Waals surface area (Å²) in [6.45, 7) is 2.22. The molecule has 2 aromatic rings. The average Bonchev–Trinajstić information content (AvgIpc) is 2.84. The second-order valence-corrected chi connectivity index (χ2v) is 4.86. The van der Waals surface area contributed by atoms with Crippen molar-refractivity contribution in [2.75, 3.05) is 5.32 Å². The molecule has 6 heteroatoms. The van der Waals surface area contributed by atoms with Crippen LogP contribution in [-0.2, 0) is 11.3 Å². The van der Waals surface area contributed by atoms with Crippen molar-refractivity contribution in [3.05, 3.63) is 47.2 Å². The number of aromatic nitrogens is 2. The van der Waals surface area contributed by atoms with E-state index in [9.17, 15) is 4.79 Å². The number of benzene rings is 1. The molecule has 1 atom stereocenters. The van der Waals surface area contributed by atoms with Gasteiger partial charge in [-0.05, 0) is 12.1 Å². The van der Waals surface area contributed by atoms with Crippen LogP contribution in [0.5, 0.6) is 0 Å². The van der Waals surface area contributed by atoms with Gasteiger partial charge in [-0.2, -0.15) is 10.4 Å². The lowest BCUT2D eigenvalue weighted by atomic mass is 10.1. The highest BCUT2D eigenvalue weighted by Gasteiger charge is 2.15. The Morgan fingerprint density at radius 3 is 2.95 bits per heavy atom. The fourth-order valence-corrected chi connectivity index (χ4v) is 1.90. The number of hydrogen-bond donors (Lipinski definition) is 1. The minimum absolute atomic E-state index is 0.167. The molecule has 0 aliphatic rings. The molecule has 2 rings (SSSR count). The van der Waals surface area contributed by atoms with E-state index >= 15 is 0 Å². The Labute approximate surface area is 121 Å². The number of carbonyl (C=O) groups is 1. The van der Waals surface area contributed by atoms with E-state index in [0.717, 1.165) is 0 Å². The lowest BCUT2D eigenvalue weighted by molar-refractivity contribution is -0.119. The van der Waals surface area contributed by atoms with Crippen LogP contribution in [0, 0.1) is 17.2 Å². The Hall–Kier alpha value is -2.32. The summed E-state index contributed by atoms with van der Waals surface area (Å²) in [6.07, 6.45) is 3.19. The summed E-state index contributed by atoms with van der Waals surface area (Å²) >= 11 is 5.77. The number of hydrogen-bond acceptors (Lipinski definition) is 3. The third kappa shape index (κ3) is 3.37. The van der Waals surface area contributed by atoms with Gasteiger partial charge < -0.3 is 5.32 Å². The van der Waals surface area contributed by atoms with Crippen molar-refractivity contribution < 1.29 is 4.79 Å². The van der Waals surface area contributed by atoms with Gasteiger partial charge in [-0.1, -0.05) is 30.7 Å². The highest BCUT2D eigenvalue weighted by Crippen LogP contribution is 2.15. The van der Waals surface area contributed by atoms with E-state index < -0.39 is 0 Å². The molecule has 0 fully saturated rings. The number of nitriles is 1. The molecule has 1 aromatic heterocycles. The molecular formula is C14H13ClN4O. The van der Waals surface area contributed by atoms with Crippen molar-refractivity contribution in [2.45, 2.75) is 13.5 Å². The topological polar surface area (TPSA) is 70.7 Å². The van der Waals surface area contributed by atoms with Crippen LogP contribution in [0.2, 0.25) is 5.02 Å². The van der Waals surface area contributed by atoms with Gasteiger partial charge in [0.1, 0.15) is 6.07 Å². The number of halogens is 1. The van der Waals surface area contributed by atoms with Crippen molar-refractivity contribution in [3.8, 4) is 6.07 Å². The summed E-state index contributed by atoms with van der Waals surface area (Å²) in [5, 5.41) is 16.3. The highest BCUT2D eigenvalue weighted by atomic mass is 35.5. The van der Waals surface area contributed by atoms with Crippen LogP contribution in [0.15, 0.2) is 36.7 Å². The molecule has 0 saturated carbocycles. The van der Waals surface area contributed by atoms with E-state index in [1.54, 1.807) is 42.1 Å². The van der Waals surface area contributed by atoms with Gasteiger partial charge in [0, 0.05) is 6.20 Å². The predicted octanol–water partition coefficient (Wildman–Crippen LogP) is 2.68. The number of carbonyl (C=O) groups excluding carboxylic acids is 1. The van der Waals surface area contributed by atoms with Crippen LogP contribution in [0.3, 0.4) is 0 Å². The average molecular weight is 289 g/mol. The SMILES string of the molecule is CC(Cn1cc(Cl)cn1)C(=O)Nc1ccccc1C#N. The molecule has 1 unspecified atom stereocenters. The van der Waals surface area contributed by atoms with E-state index in [-0.39, 0.29) is 11.8 Å². The smallest absolute Gasteiger partial charge is 0.229 e. The van der Waals surface area contributed by atoms with E-state index in [0.29, 0.717) is 22.8 Å². The monoisotopic (exact) mass is 288 g/mol. The Kier molecular flexibility index (Phi) is 4.38. The van der Waals surface area contributed by atoms with Gasteiger partial charge in [-0.25, -0.2) is 0 Å². The lowest BCUT2D eigenvalue weighted by Gasteiger charge is -2.13. The third-order valence-corrected chi connectivity index (χ3v) is 3.01. The zero-order valence-electron chi connectivity index (χ0n) is 10.9. The van der Waals surface area contributed by atoms with Crippen molar-refractivity contribution in [2.24, 2.45) is 5.92 Å². The molecule has 1 heterocycles. The fourth-order valence-electron chi connectivity index (χ4n) is 1.75. The number of nitrogens with one attached hydrogen (secondary N) is 1. The summed E-state index contributed by atoms with van der Waals surface area (Å²) in [6, 6.07) is 8.93. The van der Waals surface area contributed by atoms with Crippen molar-refractivity contribution >= 4 is 23.2 Å². The molecule has 1 amide bonds. The first-order valence-corrected chi connectivity index (χ1v) is 6.46. The Morgan fingerprint density at radius 1 is 1.55 bits per heavy atom. The predicted molar refractivity (Wildman–Crippen MR) is 76.2 cm³/mol. The lowest BCUT2D eigenvalue weighted by Crippen LogP contribution is -2.25. The summed E-state index contributed by atoms with van der Waals surface area (Å²) in [5.41, 5.74) is 0.959. The van der Waals surface area contributed by atoms with E-state index in [1.807, 2.05) is 6.07 Å². The molecule has 1 aromatic carbocycles. The first kappa shape index (κ1) is 14.1. The number of rotatable bonds is 4. The fraction of sp³-hybridized carbons (Fsp3) is 0.214. The molecule has 0 aliphatic carbocycles. The maximum absolute atomic E-state index is 12.1. The molecule has 0 saturated heterocycles. The van der Waals surface area contributed by atoms with Gasteiger partial charge >= 0.3 is 0 Å². The second-order valence-electron chi connectivity index (χ2n) is 4.43. The zero-order valence-corrected chi connectivity index (χ0v) is 11.6. The Balaban J connectivity index is 2.02. The minimum atomic E-state index is -0.294. The molecule has 20 heavy (non-hydrogen) atoms. The largest absolute Gasteiger partial charge is 0.325 e. The molecule has 0 bridgehead atoms. The van der Waals surface area contributed by atoms with Gasteiger partial charge in [-0.15, -0.1) is 0 Å². The second kappa shape index (κ2) is 6.22. The molecule has 0 aliphatic heterocycles. The molecular weight excluding hydrogens is 276 g/mol. The van der Waals surface area contributed by atoms with Crippen LogP contribution in [0.1, 0.15) is 12.5 Å². The van der Waals surface area contributed by atoms with Crippen molar-refractivity contribution in [1.29, 1.82) is 5.26 Å². The highest BCUT2D eigenvalue weighted by molar-refractivity contribution is 6.30. The summed E-state index contributed by atoms with van der Waals surface area (Å²) < 4.78 is 1.61. The number of para-hydroxylation sites is 1. The standard InChI is InChI=1S/C14H13ClN4O/c1-10(8-19-9-12(15)7-17-19)14(20)18-13-5-3-2-4-11(13)6-16/h2-5,7,9-10H,8H2,1H3,(H,18,20). The summed E-state index contributed by atoms with van der Waals surface area (Å²) in [4.78, 5) is 12.1. The molecule has 1 N–H and O–H groups in total. The molecule has 5 nitrogen and oxygen atoms in total. The first-order chi connectivity index (χ1) is 9.60. The third-order valence-electron chi connectivity index (χ3n) is 2.82.